The molecule has 0 aliphatic heterocycles. The summed E-state index contributed by atoms with van der Waals surface area (Å²) in [6, 6.07) is 8.11. The minimum atomic E-state index is 0.300. The van der Waals surface area contributed by atoms with Crippen molar-refractivity contribution in [3.63, 3.8) is 0 Å². The molecule has 0 saturated heterocycles. The number of rotatable bonds is 4. The smallest absolute Gasteiger partial charge is 0.228 e. The summed E-state index contributed by atoms with van der Waals surface area (Å²) in [5, 5.41) is 8.16. The van der Waals surface area contributed by atoms with Crippen molar-refractivity contribution in [1.82, 2.24) is 15.5 Å². The van der Waals surface area contributed by atoms with Gasteiger partial charge in [0.15, 0.2) is 0 Å². The van der Waals surface area contributed by atoms with Crippen molar-refractivity contribution >= 4 is 11.0 Å². The lowest BCUT2D eigenvalue weighted by atomic mass is 10.2. The first kappa shape index (κ1) is 11.9. The van der Waals surface area contributed by atoms with Gasteiger partial charge < -0.3 is 14.3 Å². The van der Waals surface area contributed by atoms with Gasteiger partial charge in [-0.15, -0.1) is 0 Å². The van der Waals surface area contributed by atoms with Crippen LogP contribution in [0.1, 0.15) is 12.8 Å². The van der Waals surface area contributed by atoms with Gasteiger partial charge in [-0.2, -0.15) is 4.98 Å². The van der Waals surface area contributed by atoms with Crippen molar-refractivity contribution in [2.75, 3.05) is 7.05 Å². The first-order valence-corrected chi connectivity index (χ1v) is 6.24. The number of para-hydroxylation sites is 1. The zero-order valence-electron chi connectivity index (χ0n) is 10.9. The van der Waals surface area contributed by atoms with E-state index >= 15 is 0 Å². The molecule has 1 unspecified atom stereocenters. The van der Waals surface area contributed by atoms with Gasteiger partial charge in [-0.25, -0.2) is 0 Å². The van der Waals surface area contributed by atoms with Crippen LogP contribution in [0.5, 0.6) is 0 Å². The Balaban J connectivity index is 1.94. The standard InChI is InChI=1S/C14H15N3O2/c1-9(15-2)7-13-16-14(17-19-13)11-8-18-12-6-4-3-5-10(11)12/h3-6,8-9,15H,7H2,1-2H3. The number of likely N-dealkylation sites (N-methyl/N-ethyl adjacent to an activating group) is 1. The Labute approximate surface area is 110 Å². The second-order valence-corrected chi connectivity index (χ2v) is 4.55. The molecule has 2 aromatic heterocycles. The summed E-state index contributed by atoms with van der Waals surface area (Å²) in [6.45, 7) is 2.07. The van der Waals surface area contributed by atoms with Gasteiger partial charge in [0.05, 0.1) is 5.56 Å². The van der Waals surface area contributed by atoms with Crippen molar-refractivity contribution < 1.29 is 8.94 Å². The third-order valence-electron chi connectivity index (χ3n) is 3.16. The number of hydrogen-bond acceptors (Lipinski definition) is 5. The summed E-state index contributed by atoms with van der Waals surface area (Å²) in [6.07, 6.45) is 2.38. The Morgan fingerprint density at radius 2 is 2.16 bits per heavy atom. The average Bonchev–Trinajstić information content (AvgIpc) is 3.04. The van der Waals surface area contributed by atoms with Gasteiger partial charge in [-0.3, -0.25) is 0 Å². The molecular weight excluding hydrogens is 242 g/mol. The summed E-state index contributed by atoms with van der Waals surface area (Å²) < 4.78 is 10.7. The molecule has 0 spiro atoms. The molecule has 0 aliphatic carbocycles. The maximum atomic E-state index is 5.48. The van der Waals surface area contributed by atoms with E-state index in [0.717, 1.165) is 16.5 Å². The molecule has 19 heavy (non-hydrogen) atoms. The summed E-state index contributed by atoms with van der Waals surface area (Å²) in [4.78, 5) is 4.41. The number of nitrogens with one attached hydrogen (secondary N) is 1. The van der Waals surface area contributed by atoms with Gasteiger partial charge in [0.25, 0.3) is 0 Å². The predicted molar refractivity (Wildman–Crippen MR) is 71.7 cm³/mol. The van der Waals surface area contributed by atoms with Gasteiger partial charge in [0.1, 0.15) is 11.8 Å². The third-order valence-corrected chi connectivity index (χ3v) is 3.16. The third kappa shape index (κ3) is 2.24. The van der Waals surface area contributed by atoms with Gasteiger partial charge in [-0.05, 0) is 20.0 Å². The first-order valence-electron chi connectivity index (χ1n) is 6.24. The quantitative estimate of drug-likeness (QED) is 0.778. The molecule has 3 aromatic rings. The largest absolute Gasteiger partial charge is 0.464 e. The Morgan fingerprint density at radius 1 is 1.32 bits per heavy atom. The number of nitrogens with zero attached hydrogens (tertiary/aromatic N) is 2. The fourth-order valence-corrected chi connectivity index (χ4v) is 1.96. The van der Waals surface area contributed by atoms with E-state index in [-0.39, 0.29) is 0 Å². The summed E-state index contributed by atoms with van der Waals surface area (Å²) >= 11 is 0. The maximum absolute atomic E-state index is 5.48. The van der Waals surface area contributed by atoms with Crippen LogP contribution in [0.3, 0.4) is 0 Å². The van der Waals surface area contributed by atoms with Crippen LogP contribution in [0.2, 0.25) is 0 Å². The van der Waals surface area contributed by atoms with Gasteiger partial charge >= 0.3 is 0 Å². The predicted octanol–water partition coefficient (Wildman–Crippen LogP) is 2.63. The molecule has 1 aromatic carbocycles. The number of hydrogen-bond donors (Lipinski definition) is 1. The van der Waals surface area contributed by atoms with Crippen molar-refractivity contribution in [2.24, 2.45) is 0 Å². The molecule has 0 radical (unpaired) electrons. The highest BCUT2D eigenvalue weighted by Gasteiger charge is 2.15. The molecule has 1 N–H and O–H groups in total. The SMILES string of the molecule is CNC(C)Cc1nc(-c2coc3ccccc23)no1. The van der Waals surface area contributed by atoms with Crippen molar-refractivity contribution in [3.05, 3.63) is 36.4 Å². The molecule has 0 saturated carbocycles. The van der Waals surface area contributed by atoms with Crippen molar-refractivity contribution in [2.45, 2.75) is 19.4 Å². The van der Waals surface area contributed by atoms with Crippen LogP contribution in [0, 0.1) is 0 Å². The normalized spacial score (nSPS) is 12.9. The number of aromatic nitrogens is 2. The Morgan fingerprint density at radius 3 is 3.00 bits per heavy atom. The fourth-order valence-electron chi connectivity index (χ4n) is 1.96. The van der Waals surface area contributed by atoms with Crippen LogP contribution in [0.15, 0.2) is 39.5 Å². The minimum Gasteiger partial charge on any atom is -0.464 e. The first-order chi connectivity index (χ1) is 9.28. The highest BCUT2D eigenvalue weighted by Crippen LogP contribution is 2.28. The molecule has 0 bridgehead atoms. The Hall–Kier alpha value is -2.14. The van der Waals surface area contributed by atoms with E-state index in [1.807, 2.05) is 31.3 Å². The number of fused-ring (bicyclic) bond motifs is 1. The zero-order valence-corrected chi connectivity index (χ0v) is 10.9. The molecule has 5 heteroatoms. The van der Waals surface area contributed by atoms with E-state index < -0.39 is 0 Å². The molecule has 1 atom stereocenters. The van der Waals surface area contributed by atoms with Crippen molar-refractivity contribution in [1.29, 1.82) is 0 Å². The molecular formula is C14H15N3O2. The number of benzene rings is 1. The summed E-state index contributed by atoms with van der Waals surface area (Å²) in [5.41, 5.74) is 1.69. The van der Waals surface area contributed by atoms with Gasteiger partial charge in [0.2, 0.25) is 11.7 Å². The minimum absolute atomic E-state index is 0.300. The van der Waals surface area contributed by atoms with Crippen LogP contribution in [0.4, 0.5) is 0 Å². The summed E-state index contributed by atoms with van der Waals surface area (Å²) in [5.74, 6) is 1.20. The highest BCUT2D eigenvalue weighted by atomic mass is 16.5. The van der Waals surface area contributed by atoms with Gasteiger partial charge in [-0.1, -0.05) is 23.4 Å². The van der Waals surface area contributed by atoms with E-state index in [2.05, 4.69) is 22.4 Å². The molecule has 5 nitrogen and oxygen atoms in total. The second-order valence-electron chi connectivity index (χ2n) is 4.55. The molecule has 0 fully saturated rings. The van der Waals surface area contributed by atoms with E-state index in [1.54, 1.807) is 6.26 Å². The van der Waals surface area contributed by atoms with Crippen LogP contribution < -0.4 is 5.32 Å². The lowest BCUT2D eigenvalue weighted by Crippen LogP contribution is -2.23. The molecule has 98 valence electrons. The molecule has 0 amide bonds. The van der Waals surface area contributed by atoms with Crippen LogP contribution >= 0.6 is 0 Å². The van der Waals surface area contributed by atoms with Gasteiger partial charge in [0, 0.05) is 17.8 Å². The molecule has 3 rings (SSSR count). The summed E-state index contributed by atoms with van der Waals surface area (Å²) in [7, 11) is 1.91. The molecule has 0 aliphatic rings. The highest BCUT2D eigenvalue weighted by molar-refractivity contribution is 5.91. The zero-order chi connectivity index (χ0) is 13.2. The maximum Gasteiger partial charge on any atom is 0.228 e. The van der Waals surface area contributed by atoms with Crippen LogP contribution in [-0.2, 0) is 6.42 Å². The van der Waals surface area contributed by atoms with E-state index in [4.69, 9.17) is 8.94 Å². The van der Waals surface area contributed by atoms with E-state index in [9.17, 15) is 0 Å². The Kier molecular flexibility index (Phi) is 3.05. The molecule has 2 heterocycles. The topological polar surface area (TPSA) is 64.1 Å². The fraction of sp³-hybridized carbons (Fsp3) is 0.286. The lowest BCUT2D eigenvalue weighted by Gasteiger charge is -2.04. The lowest BCUT2D eigenvalue weighted by molar-refractivity contribution is 0.365. The second kappa shape index (κ2) is 4.85. The van der Waals surface area contributed by atoms with Crippen molar-refractivity contribution in [3.8, 4) is 11.4 Å². The van der Waals surface area contributed by atoms with Crippen LogP contribution in [0.25, 0.3) is 22.4 Å². The Bertz CT molecular complexity index is 687. The van der Waals surface area contributed by atoms with E-state index in [0.29, 0.717) is 24.2 Å². The monoisotopic (exact) mass is 257 g/mol. The average molecular weight is 257 g/mol. The van der Waals surface area contributed by atoms with Crippen LogP contribution in [-0.4, -0.2) is 23.2 Å². The number of furan rings is 1. The van der Waals surface area contributed by atoms with E-state index in [1.165, 1.54) is 0 Å².